The van der Waals surface area contributed by atoms with Crippen molar-refractivity contribution >= 4 is 0 Å². The third-order valence-electron chi connectivity index (χ3n) is 2.35. The fraction of sp³-hybridized carbons (Fsp3) is 1.00. The van der Waals surface area contributed by atoms with Crippen LogP contribution >= 0.6 is 0 Å². The van der Waals surface area contributed by atoms with Gasteiger partial charge in [0.2, 0.25) is 0 Å². The molecule has 0 amide bonds. The SMILES string of the molecule is CCCC(C)N(C)CC1CO1. The molecule has 2 heteroatoms. The fourth-order valence-corrected chi connectivity index (χ4v) is 1.31. The normalized spacial score (nSPS) is 25.6. The highest BCUT2D eigenvalue weighted by Crippen LogP contribution is 2.13. The van der Waals surface area contributed by atoms with Crippen molar-refractivity contribution in [1.82, 2.24) is 4.90 Å². The second-order valence-electron chi connectivity index (χ2n) is 3.53. The van der Waals surface area contributed by atoms with Crippen molar-refractivity contribution in [1.29, 1.82) is 0 Å². The number of hydrogen-bond donors (Lipinski definition) is 0. The van der Waals surface area contributed by atoms with E-state index in [1.165, 1.54) is 12.8 Å². The molecule has 0 N–H and O–H groups in total. The predicted octanol–water partition coefficient (Wildman–Crippen LogP) is 1.51. The molecule has 1 aliphatic rings. The van der Waals surface area contributed by atoms with E-state index in [9.17, 15) is 0 Å². The molecule has 66 valence electrons. The van der Waals surface area contributed by atoms with Gasteiger partial charge in [-0.05, 0) is 20.4 Å². The number of nitrogens with zero attached hydrogens (tertiary/aromatic N) is 1. The second-order valence-corrected chi connectivity index (χ2v) is 3.53. The van der Waals surface area contributed by atoms with Gasteiger partial charge in [-0.15, -0.1) is 0 Å². The van der Waals surface area contributed by atoms with Crippen LogP contribution in [-0.4, -0.2) is 37.2 Å². The summed E-state index contributed by atoms with van der Waals surface area (Å²) in [6.07, 6.45) is 3.11. The Bertz CT molecular complexity index is 112. The van der Waals surface area contributed by atoms with Gasteiger partial charge in [0.1, 0.15) is 0 Å². The first-order chi connectivity index (χ1) is 5.24. The third-order valence-corrected chi connectivity index (χ3v) is 2.35. The minimum absolute atomic E-state index is 0.541. The lowest BCUT2D eigenvalue weighted by Gasteiger charge is -2.23. The first kappa shape index (κ1) is 9.01. The molecule has 0 aliphatic carbocycles. The molecule has 2 nitrogen and oxygen atoms in total. The monoisotopic (exact) mass is 157 g/mol. The van der Waals surface area contributed by atoms with E-state index >= 15 is 0 Å². The molecule has 0 aromatic heterocycles. The summed E-state index contributed by atoms with van der Waals surface area (Å²) in [5.41, 5.74) is 0. The Morgan fingerprint density at radius 3 is 2.73 bits per heavy atom. The Morgan fingerprint density at radius 1 is 1.64 bits per heavy atom. The van der Waals surface area contributed by atoms with E-state index in [2.05, 4.69) is 25.8 Å². The average molecular weight is 157 g/mol. The van der Waals surface area contributed by atoms with E-state index in [-0.39, 0.29) is 0 Å². The van der Waals surface area contributed by atoms with Gasteiger partial charge in [-0.1, -0.05) is 13.3 Å². The Labute approximate surface area is 69.5 Å². The number of likely N-dealkylation sites (N-methyl/N-ethyl adjacent to an activating group) is 1. The molecule has 0 radical (unpaired) electrons. The van der Waals surface area contributed by atoms with Gasteiger partial charge in [-0.25, -0.2) is 0 Å². The molecule has 0 aromatic carbocycles. The molecule has 0 bridgehead atoms. The van der Waals surface area contributed by atoms with Crippen LogP contribution in [0.5, 0.6) is 0 Å². The van der Waals surface area contributed by atoms with Gasteiger partial charge in [-0.2, -0.15) is 0 Å². The van der Waals surface area contributed by atoms with E-state index in [1.807, 2.05) is 0 Å². The number of epoxide rings is 1. The van der Waals surface area contributed by atoms with Crippen molar-refractivity contribution in [2.45, 2.75) is 38.8 Å². The maximum absolute atomic E-state index is 5.17. The van der Waals surface area contributed by atoms with Crippen LogP contribution in [0.25, 0.3) is 0 Å². The van der Waals surface area contributed by atoms with Gasteiger partial charge in [0, 0.05) is 12.6 Å². The van der Waals surface area contributed by atoms with Crippen LogP contribution in [-0.2, 0) is 4.74 Å². The van der Waals surface area contributed by atoms with E-state index in [0.29, 0.717) is 12.1 Å². The smallest absolute Gasteiger partial charge is 0.0936 e. The zero-order valence-electron chi connectivity index (χ0n) is 7.84. The van der Waals surface area contributed by atoms with Gasteiger partial charge < -0.3 is 9.64 Å². The summed E-state index contributed by atoms with van der Waals surface area (Å²) in [5.74, 6) is 0. The lowest BCUT2D eigenvalue weighted by atomic mass is 10.2. The molecule has 11 heavy (non-hydrogen) atoms. The maximum Gasteiger partial charge on any atom is 0.0936 e. The molecule has 0 spiro atoms. The summed E-state index contributed by atoms with van der Waals surface area (Å²) in [4.78, 5) is 2.39. The first-order valence-electron chi connectivity index (χ1n) is 4.56. The van der Waals surface area contributed by atoms with Gasteiger partial charge in [-0.3, -0.25) is 0 Å². The minimum Gasteiger partial charge on any atom is -0.372 e. The van der Waals surface area contributed by atoms with Crippen LogP contribution in [0, 0.1) is 0 Å². The van der Waals surface area contributed by atoms with Crippen molar-refractivity contribution in [3.8, 4) is 0 Å². The van der Waals surface area contributed by atoms with Crippen molar-refractivity contribution < 1.29 is 4.74 Å². The Kier molecular flexibility index (Phi) is 3.34. The van der Waals surface area contributed by atoms with Gasteiger partial charge in [0.25, 0.3) is 0 Å². The summed E-state index contributed by atoms with van der Waals surface area (Å²) in [7, 11) is 2.18. The number of ether oxygens (including phenoxy) is 1. The van der Waals surface area contributed by atoms with E-state index in [1.54, 1.807) is 0 Å². The highest BCUT2D eigenvalue weighted by Gasteiger charge is 2.25. The van der Waals surface area contributed by atoms with Crippen LogP contribution in [0.2, 0.25) is 0 Å². The molecule has 1 aliphatic heterocycles. The molecule has 1 fully saturated rings. The molecule has 2 atom stereocenters. The predicted molar refractivity (Wildman–Crippen MR) is 46.7 cm³/mol. The molecule has 1 rings (SSSR count). The quantitative estimate of drug-likeness (QED) is 0.562. The number of rotatable bonds is 5. The lowest BCUT2D eigenvalue weighted by molar-refractivity contribution is 0.220. The highest BCUT2D eigenvalue weighted by atomic mass is 16.6. The zero-order valence-corrected chi connectivity index (χ0v) is 7.84. The van der Waals surface area contributed by atoms with Crippen molar-refractivity contribution in [2.24, 2.45) is 0 Å². The van der Waals surface area contributed by atoms with Crippen molar-refractivity contribution in [2.75, 3.05) is 20.2 Å². The lowest BCUT2D eigenvalue weighted by Crippen LogP contribution is -2.32. The Hall–Kier alpha value is -0.0800. The molecular weight excluding hydrogens is 138 g/mol. The largest absolute Gasteiger partial charge is 0.372 e. The Balaban J connectivity index is 2.10. The molecule has 1 heterocycles. The molecule has 0 saturated carbocycles. The standard InChI is InChI=1S/C9H19NO/c1-4-5-8(2)10(3)6-9-7-11-9/h8-9H,4-7H2,1-3H3. The zero-order chi connectivity index (χ0) is 8.27. The van der Waals surface area contributed by atoms with Gasteiger partial charge >= 0.3 is 0 Å². The molecule has 0 aromatic rings. The average Bonchev–Trinajstić information content (AvgIpc) is 2.72. The summed E-state index contributed by atoms with van der Waals surface area (Å²) in [6.45, 7) is 6.61. The van der Waals surface area contributed by atoms with Crippen LogP contribution in [0.1, 0.15) is 26.7 Å². The topological polar surface area (TPSA) is 15.8 Å². The summed E-state index contributed by atoms with van der Waals surface area (Å²) < 4.78 is 5.17. The molecular formula is C9H19NO. The summed E-state index contributed by atoms with van der Waals surface area (Å²) in [6, 6.07) is 0.712. The van der Waals surface area contributed by atoms with Gasteiger partial charge in [0.05, 0.1) is 12.7 Å². The van der Waals surface area contributed by atoms with Crippen molar-refractivity contribution in [3.05, 3.63) is 0 Å². The minimum atomic E-state index is 0.541. The summed E-state index contributed by atoms with van der Waals surface area (Å²) >= 11 is 0. The van der Waals surface area contributed by atoms with E-state index in [4.69, 9.17) is 4.74 Å². The summed E-state index contributed by atoms with van der Waals surface area (Å²) in [5, 5.41) is 0. The van der Waals surface area contributed by atoms with E-state index in [0.717, 1.165) is 13.2 Å². The first-order valence-corrected chi connectivity index (χ1v) is 4.56. The highest BCUT2D eigenvalue weighted by molar-refractivity contribution is 4.75. The van der Waals surface area contributed by atoms with Crippen LogP contribution < -0.4 is 0 Å². The van der Waals surface area contributed by atoms with E-state index < -0.39 is 0 Å². The molecule has 2 unspecified atom stereocenters. The molecule has 1 saturated heterocycles. The number of hydrogen-bond acceptors (Lipinski definition) is 2. The second kappa shape index (κ2) is 4.07. The maximum atomic E-state index is 5.17. The third kappa shape index (κ3) is 3.21. The van der Waals surface area contributed by atoms with Crippen LogP contribution in [0.15, 0.2) is 0 Å². The fourth-order valence-electron chi connectivity index (χ4n) is 1.31. The van der Waals surface area contributed by atoms with Crippen LogP contribution in [0.4, 0.5) is 0 Å². The van der Waals surface area contributed by atoms with Crippen LogP contribution in [0.3, 0.4) is 0 Å². The Morgan fingerprint density at radius 2 is 2.27 bits per heavy atom. The van der Waals surface area contributed by atoms with Gasteiger partial charge in [0.15, 0.2) is 0 Å². The van der Waals surface area contributed by atoms with Crippen molar-refractivity contribution in [3.63, 3.8) is 0 Å².